The SMILES string of the molecule is Cc1ccc(S(=O)(=O)Nc2ccc3[nH]cc(Cl)c3c2)cc1. The number of H-pyrrole nitrogens is 1. The van der Waals surface area contributed by atoms with Gasteiger partial charge >= 0.3 is 0 Å². The van der Waals surface area contributed by atoms with E-state index in [4.69, 9.17) is 11.6 Å². The van der Waals surface area contributed by atoms with Crippen LogP contribution in [0.1, 0.15) is 5.56 Å². The summed E-state index contributed by atoms with van der Waals surface area (Å²) in [4.78, 5) is 3.24. The molecule has 1 aromatic heterocycles. The van der Waals surface area contributed by atoms with Gasteiger partial charge in [0.15, 0.2) is 0 Å². The summed E-state index contributed by atoms with van der Waals surface area (Å²) in [6.45, 7) is 1.91. The summed E-state index contributed by atoms with van der Waals surface area (Å²) in [5.74, 6) is 0. The van der Waals surface area contributed by atoms with Crippen LogP contribution in [-0.4, -0.2) is 13.4 Å². The molecule has 4 nitrogen and oxygen atoms in total. The molecule has 0 aliphatic rings. The lowest BCUT2D eigenvalue weighted by atomic mass is 10.2. The third-order valence-electron chi connectivity index (χ3n) is 3.21. The summed E-state index contributed by atoms with van der Waals surface area (Å²) in [5.41, 5.74) is 2.34. The number of rotatable bonds is 3. The number of aromatic nitrogens is 1. The van der Waals surface area contributed by atoms with E-state index in [1.165, 1.54) is 0 Å². The predicted molar refractivity (Wildman–Crippen MR) is 85.3 cm³/mol. The van der Waals surface area contributed by atoms with Crippen LogP contribution in [0.15, 0.2) is 53.6 Å². The third-order valence-corrected chi connectivity index (χ3v) is 4.92. The van der Waals surface area contributed by atoms with Crippen molar-refractivity contribution in [3.05, 3.63) is 59.2 Å². The first-order valence-corrected chi connectivity index (χ1v) is 8.18. The van der Waals surface area contributed by atoms with Gasteiger partial charge in [0.1, 0.15) is 0 Å². The Balaban J connectivity index is 1.96. The number of anilines is 1. The van der Waals surface area contributed by atoms with Gasteiger partial charge in [0.2, 0.25) is 0 Å². The maximum atomic E-state index is 12.3. The zero-order valence-corrected chi connectivity index (χ0v) is 12.8. The van der Waals surface area contributed by atoms with Crippen LogP contribution < -0.4 is 4.72 Å². The molecule has 0 amide bonds. The van der Waals surface area contributed by atoms with Crippen LogP contribution in [0.3, 0.4) is 0 Å². The molecule has 6 heteroatoms. The van der Waals surface area contributed by atoms with E-state index in [-0.39, 0.29) is 4.90 Å². The van der Waals surface area contributed by atoms with Gasteiger partial charge in [-0.05, 0) is 37.3 Å². The van der Waals surface area contributed by atoms with Crippen LogP contribution in [0.4, 0.5) is 5.69 Å². The summed E-state index contributed by atoms with van der Waals surface area (Å²) in [7, 11) is -3.60. The standard InChI is InChI=1S/C15H13ClN2O2S/c1-10-2-5-12(6-3-10)21(19,20)18-11-4-7-15-13(8-11)14(16)9-17-15/h2-9,17-18H,1H3. The van der Waals surface area contributed by atoms with Crippen molar-refractivity contribution >= 4 is 38.2 Å². The summed E-state index contributed by atoms with van der Waals surface area (Å²) in [5, 5.41) is 1.34. The first kappa shape index (κ1) is 14.0. The average Bonchev–Trinajstić information content (AvgIpc) is 2.80. The van der Waals surface area contributed by atoms with Gasteiger partial charge in [-0.3, -0.25) is 4.72 Å². The second-order valence-electron chi connectivity index (χ2n) is 4.82. The summed E-state index contributed by atoms with van der Waals surface area (Å²) >= 11 is 6.04. The number of benzene rings is 2. The highest BCUT2D eigenvalue weighted by Crippen LogP contribution is 2.27. The van der Waals surface area contributed by atoms with Crippen LogP contribution >= 0.6 is 11.6 Å². The minimum Gasteiger partial charge on any atom is -0.360 e. The first-order valence-electron chi connectivity index (χ1n) is 6.32. The molecule has 2 N–H and O–H groups in total. The normalized spacial score (nSPS) is 11.7. The van der Waals surface area contributed by atoms with E-state index >= 15 is 0 Å². The summed E-state index contributed by atoms with van der Waals surface area (Å²) in [6.07, 6.45) is 1.67. The van der Waals surface area contributed by atoms with Gasteiger partial charge in [-0.25, -0.2) is 8.42 Å². The maximum absolute atomic E-state index is 12.3. The zero-order chi connectivity index (χ0) is 15.0. The molecule has 0 radical (unpaired) electrons. The van der Waals surface area contributed by atoms with Gasteiger partial charge in [-0.2, -0.15) is 0 Å². The summed E-state index contributed by atoms with van der Waals surface area (Å²) in [6, 6.07) is 11.9. The maximum Gasteiger partial charge on any atom is 0.261 e. The second-order valence-corrected chi connectivity index (χ2v) is 6.91. The van der Waals surface area contributed by atoms with Crippen molar-refractivity contribution in [2.45, 2.75) is 11.8 Å². The number of sulfonamides is 1. The van der Waals surface area contributed by atoms with Gasteiger partial charge in [-0.15, -0.1) is 0 Å². The minimum atomic E-state index is -3.60. The number of nitrogens with one attached hydrogen (secondary N) is 2. The highest BCUT2D eigenvalue weighted by atomic mass is 35.5. The van der Waals surface area contributed by atoms with Crippen LogP contribution in [0, 0.1) is 6.92 Å². The molecule has 2 aromatic carbocycles. The number of hydrogen-bond acceptors (Lipinski definition) is 2. The Hall–Kier alpha value is -1.98. The van der Waals surface area contributed by atoms with Gasteiger partial charge < -0.3 is 4.98 Å². The van der Waals surface area contributed by atoms with E-state index in [1.54, 1.807) is 48.7 Å². The molecule has 0 aliphatic carbocycles. The Morgan fingerprint density at radius 2 is 1.81 bits per heavy atom. The molecule has 0 saturated heterocycles. The number of hydrogen-bond donors (Lipinski definition) is 2. The Kier molecular flexibility index (Phi) is 3.39. The Bertz CT molecular complexity index is 899. The second kappa shape index (κ2) is 5.09. The molecule has 21 heavy (non-hydrogen) atoms. The van der Waals surface area contributed by atoms with Gasteiger partial charge in [-0.1, -0.05) is 29.3 Å². The lowest BCUT2D eigenvalue weighted by molar-refractivity contribution is 0.601. The van der Waals surface area contributed by atoms with Crippen LogP contribution in [-0.2, 0) is 10.0 Å². The zero-order valence-electron chi connectivity index (χ0n) is 11.2. The van der Waals surface area contributed by atoms with E-state index in [0.29, 0.717) is 10.7 Å². The molecule has 3 rings (SSSR count). The van der Waals surface area contributed by atoms with Crippen molar-refractivity contribution in [1.29, 1.82) is 0 Å². The van der Waals surface area contributed by atoms with Crippen molar-refractivity contribution in [2.24, 2.45) is 0 Å². The quantitative estimate of drug-likeness (QED) is 0.768. The highest BCUT2D eigenvalue weighted by molar-refractivity contribution is 7.92. The molecule has 0 unspecified atom stereocenters. The molecule has 0 bridgehead atoms. The molecule has 0 spiro atoms. The molecule has 0 atom stereocenters. The van der Waals surface area contributed by atoms with Crippen LogP contribution in [0.25, 0.3) is 10.9 Å². The van der Waals surface area contributed by atoms with Crippen LogP contribution in [0.2, 0.25) is 5.02 Å². The molecule has 0 aliphatic heterocycles. The lowest BCUT2D eigenvalue weighted by Crippen LogP contribution is -2.12. The molecule has 108 valence electrons. The van der Waals surface area contributed by atoms with Gasteiger partial charge in [0.25, 0.3) is 10.0 Å². The minimum absolute atomic E-state index is 0.230. The number of halogens is 1. The smallest absolute Gasteiger partial charge is 0.261 e. The van der Waals surface area contributed by atoms with Crippen molar-refractivity contribution in [2.75, 3.05) is 4.72 Å². The van der Waals surface area contributed by atoms with Crippen molar-refractivity contribution in [3.63, 3.8) is 0 Å². The third kappa shape index (κ3) is 2.75. The molecular weight excluding hydrogens is 308 g/mol. The first-order chi connectivity index (χ1) is 9.95. The van der Waals surface area contributed by atoms with Crippen molar-refractivity contribution in [3.8, 4) is 0 Å². The molecule has 1 heterocycles. The Labute approximate surface area is 127 Å². The van der Waals surface area contributed by atoms with E-state index in [1.807, 2.05) is 6.92 Å². The molecule has 3 aromatic rings. The highest BCUT2D eigenvalue weighted by Gasteiger charge is 2.14. The number of fused-ring (bicyclic) bond motifs is 1. The fourth-order valence-corrected chi connectivity index (χ4v) is 3.34. The predicted octanol–water partition coefficient (Wildman–Crippen LogP) is 3.93. The van der Waals surface area contributed by atoms with Crippen molar-refractivity contribution < 1.29 is 8.42 Å². The van der Waals surface area contributed by atoms with Gasteiger partial charge in [0, 0.05) is 22.8 Å². The van der Waals surface area contributed by atoms with E-state index in [9.17, 15) is 8.42 Å². The van der Waals surface area contributed by atoms with Crippen molar-refractivity contribution in [1.82, 2.24) is 4.98 Å². The van der Waals surface area contributed by atoms with E-state index in [2.05, 4.69) is 9.71 Å². The van der Waals surface area contributed by atoms with Gasteiger partial charge in [0.05, 0.1) is 9.92 Å². The largest absolute Gasteiger partial charge is 0.360 e. The average molecular weight is 321 g/mol. The molecule has 0 fully saturated rings. The van der Waals surface area contributed by atoms with Crippen LogP contribution in [0.5, 0.6) is 0 Å². The molecule has 0 saturated carbocycles. The molecular formula is C15H13ClN2O2S. The fraction of sp³-hybridized carbons (Fsp3) is 0.0667. The van der Waals surface area contributed by atoms with E-state index < -0.39 is 10.0 Å². The Morgan fingerprint density at radius 3 is 2.52 bits per heavy atom. The number of aromatic amines is 1. The fourth-order valence-electron chi connectivity index (χ4n) is 2.08. The lowest BCUT2D eigenvalue weighted by Gasteiger charge is -2.08. The monoisotopic (exact) mass is 320 g/mol. The number of aryl methyl sites for hydroxylation is 1. The Morgan fingerprint density at radius 1 is 1.10 bits per heavy atom. The van der Waals surface area contributed by atoms with E-state index in [0.717, 1.165) is 16.5 Å². The summed E-state index contributed by atoms with van der Waals surface area (Å²) < 4.78 is 27.2. The topological polar surface area (TPSA) is 62.0 Å².